The molecule has 0 saturated carbocycles. The van der Waals surface area contributed by atoms with Crippen LogP contribution in [0.15, 0.2) is 0 Å². The molecule has 0 aromatic carbocycles. The Hall–Kier alpha value is -0.160. The van der Waals surface area contributed by atoms with Gasteiger partial charge in [-0.1, -0.05) is 0 Å². The fraction of sp³-hybridized carbons (Fsp3) is 1.00. The van der Waals surface area contributed by atoms with Crippen LogP contribution in [0.5, 0.6) is 0 Å². The van der Waals surface area contributed by atoms with E-state index in [0.29, 0.717) is 0 Å². The molecule has 1 heterocycles. The van der Waals surface area contributed by atoms with E-state index in [9.17, 15) is 10.2 Å². The van der Waals surface area contributed by atoms with Gasteiger partial charge in [-0.15, -0.1) is 0 Å². The van der Waals surface area contributed by atoms with Crippen LogP contribution >= 0.6 is 0 Å². The maximum atomic E-state index is 11.1. The van der Waals surface area contributed by atoms with Gasteiger partial charge < -0.3 is 19.7 Å². The molecule has 0 aromatic heterocycles. The molecule has 1 N–H and O–H groups in total. The molecule has 4 nitrogen and oxygen atoms in total. The van der Waals surface area contributed by atoms with E-state index in [-0.39, 0.29) is 6.42 Å². The lowest BCUT2D eigenvalue weighted by Crippen LogP contribution is -2.58. The molecule has 1 saturated heterocycles. The maximum absolute atomic E-state index is 11.1. The van der Waals surface area contributed by atoms with Crippen molar-refractivity contribution in [3.8, 4) is 0 Å². The second kappa shape index (κ2) is 3.30. The van der Waals surface area contributed by atoms with E-state index >= 15 is 0 Å². The summed E-state index contributed by atoms with van der Waals surface area (Å²) < 4.78 is 10.0. The van der Waals surface area contributed by atoms with Crippen molar-refractivity contribution in [3.63, 3.8) is 0 Å². The molecule has 0 aliphatic carbocycles. The van der Waals surface area contributed by atoms with Crippen molar-refractivity contribution in [1.29, 1.82) is 0 Å². The molecule has 0 aromatic rings. The lowest BCUT2D eigenvalue weighted by Gasteiger charge is -2.47. The van der Waals surface area contributed by atoms with Gasteiger partial charge in [0.2, 0.25) is 0 Å². The van der Waals surface area contributed by atoms with Gasteiger partial charge in [0.1, 0.15) is 6.10 Å². The molecule has 4 heteroatoms. The Labute approximate surface area is 72.1 Å². The zero-order valence-electron chi connectivity index (χ0n) is 7.61. The van der Waals surface area contributed by atoms with E-state index in [1.165, 1.54) is 7.11 Å². The third-order valence-corrected chi connectivity index (χ3v) is 2.48. The fourth-order valence-electron chi connectivity index (χ4n) is 1.51. The van der Waals surface area contributed by atoms with Gasteiger partial charge in [0.25, 0.3) is 0 Å². The second-order valence-electron chi connectivity index (χ2n) is 3.44. The number of aliphatic hydroxyl groups is 1. The summed E-state index contributed by atoms with van der Waals surface area (Å²) in [6.07, 6.45) is -2.08. The van der Waals surface area contributed by atoms with Crippen LogP contribution in [0.4, 0.5) is 0 Å². The highest BCUT2D eigenvalue weighted by Crippen LogP contribution is 2.29. The zero-order valence-corrected chi connectivity index (χ0v) is 7.61. The van der Waals surface area contributed by atoms with Gasteiger partial charge in [0.15, 0.2) is 0 Å². The van der Waals surface area contributed by atoms with Gasteiger partial charge in [-0.25, -0.2) is 0 Å². The molecular weight excluding hydrogens is 160 g/mol. The predicted molar refractivity (Wildman–Crippen MR) is 40.4 cm³/mol. The molecule has 0 spiro atoms. The van der Waals surface area contributed by atoms with Crippen molar-refractivity contribution in [2.75, 3.05) is 7.11 Å². The van der Waals surface area contributed by atoms with Crippen molar-refractivity contribution < 1.29 is 19.7 Å². The molecule has 1 fully saturated rings. The van der Waals surface area contributed by atoms with Crippen LogP contribution in [0.25, 0.3) is 0 Å². The van der Waals surface area contributed by atoms with Crippen molar-refractivity contribution in [3.05, 3.63) is 0 Å². The van der Waals surface area contributed by atoms with Crippen LogP contribution in [0.1, 0.15) is 20.3 Å². The van der Waals surface area contributed by atoms with Crippen LogP contribution in [0, 0.1) is 0 Å². The number of methoxy groups -OCH3 is 1. The Morgan fingerprint density at radius 1 is 1.67 bits per heavy atom. The molecule has 0 amide bonds. The molecule has 1 aliphatic heterocycles. The molecule has 1 aliphatic rings. The summed E-state index contributed by atoms with van der Waals surface area (Å²) in [5.41, 5.74) is -0.760. The van der Waals surface area contributed by atoms with Gasteiger partial charge >= 0.3 is 0 Å². The summed E-state index contributed by atoms with van der Waals surface area (Å²) >= 11 is 0. The summed E-state index contributed by atoms with van der Waals surface area (Å²) in [7, 11) is 1.49. The topological polar surface area (TPSA) is 61.8 Å². The molecule has 1 rings (SSSR count). The third-order valence-electron chi connectivity index (χ3n) is 2.48. The van der Waals surface area contributed by atoms with Crippen LogP contribution in [0.2, 0.25) is 0 Å². The Kier molecular flexibility index (Phi) is 2.73. The highest BCUT2D eigenvalue weighted by molar-refractivity contribution is 4.91. The van der Waals surface area contributed by atoms with E-state index in [1.807, 2.05) is 0 Å². The number of hydrogen-bond acceptors (Lipinski definition) is 4. The smallest absolute Gasteiger partial charge is 0.108 e. The van der Waals surface area contributed by atoms with E-state index in [0.717, 1.165) is 0 Å². The minimum atomic E-state index is -1.09. The van der Waals surface area contributed by atoms with Gasteiger partial charge in [0.05, 0.1) is 11.7 Å². The number of rotatable bonds is 1. The number of aliphatic hydroxyl groups excluding tert-OH is 1. The quantitative estimate of drug-likeness (QED) is 0.569. The summed E-state index contributed by atoms with van der Waals surface area (Å²) in [6.45, 7) is 3.40. The van der Waals surface area contributed by atoms with Gasteiger partial charge in [-0.05, 0) is 26.6 Å². The molecule has 0 unspecified atom stereocenters. The molecule has 0 radical (unpaired) electrons. The molecule has 4 atom stereocenters. The molecule has 12 heavy (non-hydrogen) atoms. The lowest BCUT2D eigenvalue weighted by atomic mass is 9.89. The first-order chi connectivity index (χ1) is 5.49. The summed E-state index contributed by atoms with van der Waals surface area (Å²) in [6, 6.07) is 0. The predicted octanol–water partition coefficient (Wildman–Crippen LogP) is -0.752. The van der Waals surface area contributed by atoms with Crippen molar-refractivity contribution in [2.45, 2.75) is 44.4 Å². The average molecular weight is 175 g/mol. The van der Waals surface area contributed by atoms with Crippen LogP contribution in [-0.2, 0) is 9.47 Å². The second-order valence-corrected chi connectivity index (χ2v) is 3.44. The summed E-state index contributed by atoms with van der Waals surface area (Å²) in [5.74, 6) is 0. The minimum Gasteiger partial charge on any atom is -0.831 e. The van der Waals surface area contributed by atoms with Crippen molar-refractivity contribution >= 4 is 0 Å². The monoisotopic (exact) mass is 175 g/mol. The number of ether oxygens (including phenoxy) is 2. The van der Waals surface area contributed by atoms with E-state index in [4.69, 9.17) is 9.47 Å². The molecule has 0 bridgehead atoms. The molecule has 72 valence electrons. The Morgan fingerprint density at radius 3 is 2.75 bits per heavy atom. The standard InChI is InChI=1S/C8H15O4/c1-5-7(10)8(2,11-3)4-6(9)12-5/h5-7,10H,4H2,1-3H3/q-1/t5-,6+,7-,8+/m0/s1. The van der Waals surface area contributed by atoms with Crippen molar-refractivity contribution in [1.82, 2.24) is 0 Å². The minimum absolute atomic E-state index is 0.189. The van der Waals surface area contributed by atoms with Gasteiger partial charge in [-0.3, -0.25) is 0 Å². The first-order valence-electron chi connectivity index (χ1n) is 4.04. The van der Waals surface area contributed by atoms with Crippen LogP contribution in [0.3, 0.4) is 0 Å². The highest BCUT2D eigenvalue weighted by Gasteiger charge is 2.41. The first-order valence-corrected chi connectivity index (χ1v) is 4.04. The first kappa shape index (κ1) is 9.92. The largest absolute Gasteiger partial charge is 0.831 e. The maximum Gasteiger partial charge on any atom is 0.108 e. The Balaban J connectivity index is 2.72. The van der Waals surface area contributed by atoms with E-state index in [2.05, 4.69) is 0 Å². The van der Waals surface area contributed by atoms with Crippen LogP contribution in [-0.4, -0.2) is 36.3 Å². The number of hydrogen-bond donors (Lipinski definition) is 1. The SMILES string of the molecule is CO[C@]1(C)C[C@H]([O-])O[C@@H](C)[C@@H]1O. The molecular formula is C8H15O4-. The van der Waals surface area contributed by atoms with E-state index < -0.39 is 24.1 Å². The Morgan fingerprint density at radius 2 is 2.25 bits per heavy atom. The Bertz CT molecular complexity index is 161. The van der Waals surface area contributed by atoms with E-state index in [1.54, 1.807) is 13.8 Å². The van der Waals surface area contributed by atoms with Crippen LogP contribution < -0.4 is 5.11 Å². The summed E-state index contributed by atoms with van der Waals surface area (Å²) in [5, 5.41) is 20.7. The van der Waals surface area contributed by atoms with Gasteiger partial charge in [-0.2, -0.15) is 0 Å². The average Bonchev–Trinajstić information content (AvgIpc) is 2.00. The van der Waals surface area contributed by atoms with Gasteiger partial charge in [0, 0.05) is 7.11 Å². The normalized spacial score (nSPS) is 49.2. The van der Waals surface area contributed by atoms with Crippen molar-refractivity contribution in [2.24, 2.45) is 0 Å². The zero-order chi connectivity index (χ0) is 9.35. The third kappa shape index (κ3) is 1.61. The fourth-order valence-corrected chi connectivity index (χ4v) is 1.51. The summed E-state index contributed by atoms with van der Waals surface area (Å²) in [4.78, 5) is 0. The lowest BCUT2D eigenvalue weighted by molar-refractivity contribution is -0.517. The highest BCUT2D eigenvalue weighted by atomic mass is 16.6.